The highest BCUT2D eigenvalue weighted by atomic mass is 19.4. The summed E-state index contributed by atoms with van der Waals surface area (Å²) in [6.45, 7) is 0.254. The Kier molecular flexibility index (Phi) is 5.81. The average Bonchev–Trinajstić information content (AvgIpc) is 3.44. The van der Waals surface area contributed by atoms with Crippen molar-refractivity contribution in [1.29, 1.82) is 0 Å². The van der Waals surface area contributed by atoms with Gasteiger partial charge in [-0.05, 0) is 55.7 Å². The molecule has 0 spiro atoms. The normalized spacial score (nSPS) is 16.2. The van der Waals surface area contributed by atoms with Crippen LogP contribution in [0.2, 0.25) is 0 Å². The molecule has 1 amide bonds. The molecule has 36 heavy (non-hydrogen) atoms. The molecule has 1 aliphatic rings. The lowest BCUT2D eigenvalue weighted by Gasteiger charge is -2.26. The number of alkyl halides is 3. The van der Waals surface area contributed by atoms with Gasteiger partial charge in [-0.1, -0.05) is 11.3 Å². The Morgan fingerprint density at radius 2 is 1.83 bits per heavy atom. The van der Waals surface area contributed by atoms with Crippen molar-refractivity contribution >= 4 is 11.6 Å². The number of anilines is 1. The van der Waals surface area contributed by atoms with Gasteiger partial charge in [0.1, 0.15) is 29.9 Å². The third-order valence-corrected chi connectivity index (χ3v) is 5.97. The second-order valence-electron chi connectivity index (χ2n) is 8.54. The van der Waals surface area contributed by atoms with E-state index < -0.39 is 36.3 Å². The Balaban J connectivity index is 1.46. The summed E-state index contributed by atoms with van der Waals surface area (Å²) in [5, 5.41) is 7.97. The number of carbonyl (C=O) groups is 1. The van der Waals surface area contributed by atoms with E-state index >= 15 is 0 Å². The number of fused-ring (bicyclic) bond motifs is 1. The number of nitrogens with zero attached hydrogens (tertiary/aromatic N) is 6. The molecule has 7 nitrogen and oxygen atoms in total. The molecule has 2 aromatic carbocycles. The van der Waals surface area contributed by atoms with Crippen molar-refractivity contribution < 1.29 is 26.7 Å². The van der Waals surface area contributed by atoms with Crippen molar-refractivity contribution in [2.24, 2.45) is 0 Å². The lowest BCUT2D eigenvalue weighted by Crippen LogP contribution is -2.42. The highest BCUT2D eigenvalue weighted by Crippen LogP contribution is 2.34. The minimum Gasteiger partial charge on any atom is -0.303 e. The van der Waals surface area contributed by atoms with E-state index in [-0.39, 0.29) is 29.9 Å². The SMILES string of the molecule is Cc1cn(-c2ccc(-c3cn(C4CCc5cc(F)ccc5N(CC(F)(F)F)C4=O)nn3)cc2F)cn1. The van der Waals surface area contributed by atoms with Crippen LogP contribution in [0, 0.1) is 18.6 Å². The van der Waals surface area contributed by atoms with Gasteiger partial charge in [0.15, 0.2) is 0 Å². The van der Waals surface area contributed by atoms with Gasteiger partial charge in [0.2, 0.25) is 0 Å². The second-order valence-corrected chi connectivity index (χ2v) is 8.54. The maximum absolute atomic E-state index is 14.8. The van der Waals surface area contributed by atoms with Crippen molar-refractivity contribution in [2.45, 2.75) is 32.0 Å². The summed E-state index contributed by atoms with van der Waals surface area (Å²) in [5.41, 5.74) is 1.91. The third kappa shape index (κ3) is 4.58. The number of aromatic nitrogens is 5. The van der Waals surface area contributed by atoms with Gasteiger partial charge in [0, 0.05) is 17.4 Å². The summed E-state index contributed by atoms with van der Waals surface area (Å²) in [7, 11) is 0. The summed E-state index contributed by atoms with van der Waals surface area (Å²) >= 11 is 0. The first-order valence-electron chi connectivity index (χ1n) is 11.0. The van der Waals surface area contributed by atoms with Gasteiger partial charge in [0.05, 0.1) is 23.9 Å². The molecular formula is C24H19F5N6O. The van der Waals surface area contributed by atoms with Gasteiger partial charge in [-0.2, -0.15) is 13.2 Å². The van der Waals surface area contributed by atoms with Crippen LogP contribution in [0.25, 0.3) is 16.9 Å². The molecule has 3 heterocycles. The molecule has 0 radical (unpaired) electrons. The topological polar surface area (TPSA) is 68.8 Å². The first-order chi connectivity index (χ1) is 17.1. The summed E-state index contributed by atoms with van der Waals surface area (Å²) in [4.78, 5) is 17.9. The van der Waals surface area contributed by atoms with Crippen LogP contribution in [0.3, 0.4) is 0 Å². The Bertz CT molecular complexity index is 1440. The Hall–Kier alpha value is -4.09. The van der Waals surface area contributed by atoms with Crippen LogP contribution in [-0.4, -0.2) is 43.2 Å². The first kappa shape index (κ1) is 23.6. The summed E-state index contributed by atoms with van der Waals surface area (Å²) in [5.74, 6) is -1.99. The molecule has 4 aromatic rings. The van der Waals surface area contributed by atoms with E-state index in [4.69, 9.17) is 0 Å². The van der Waals surface area contributed by atoms with Crippen molar-refractivity contribution in [1.82, 2.24) is 24.5 Å². The Labute approximate surface area is 201 Å². The molecule has 0 saturated carbocycles. The molecule has 5 rings (SSSR count). The van der Waals surface area contributed by atoms with Gasteiger partial charge >= 0.3 is 6.18 Å². The van der Waals surface area contributed by atoms with Crippen LogP contribution in [-0.2, 0) is 11.2 Å². The number of hydrogen-bond donors (Lipinski definition) is 0. The molecule has 2 aromatic heterocycles. The van der Waals surface area contributed by atoms with E-state index in [2.05, 4.69) is 15.3 Å². The summed E-state index contributed by atoms with van der Waals surface area (Å²) in [6, 6.07) is 6.63. The van der Waals surface area contributed by atoms with E-state index in [0.29, 0.717) is 16.0 Å². The molecule has 186 valence electrons. The fraction of sp³-hybridized carbons (Fsp3) is 0.250. The zero-order chi connectivity index (χ0) is 25.6. The number of hydrogen-bond acceptors (Lipinski definition) is 4. The zero-order valence-electron chi connectivity index (χ0n) is 18.9. The van der Waals surface area contributed by atoms with Crippen LogP contribution in [0.15, 0.2) is 55.1 Å². The maximum atomic E-state index is 14.8. The van der Waals surface area contributed by atoms with Crippen LogP contribution < -0.4 is 4.90 Å². The fourth-order valence-electron chi connectivity index (χ4n) is 4.31. The first-order valence-corrected chi connectivity index (χ1v) is 11.0. The van der Waals surface area contributed by atoms with Crippen LogP contribution in [0.4, 0.5) is 27.6 Å². The molecule has 0 aliphatic carbocycles. The van der Waals surface area contributed by atoms with Crippen molar-refractivity contribution in [3.05, 3.63) is 78.0 Å². The lowest BCUT2D eigenvalue weighted by molar-refractivity contribution is -0.134. The number of carbonyl (C=O) groups excluding carboxylic acids is 1. The Morgan fingerprint density at radius 1 is 1.06 bits per heavy atom. The highest BCUT2D eigenvalue weighted by molar-refractivity contribution is 5.97. The van der Waals surface area contributed by atoms with Gasteiger partial charge in [0.25, 0.3) is 5.91 Å². The molecule has 0 bridgehead atoms. The van der Waals surface area contributed by atoms with Crippen molar-refractivity contribution in [3.8, 4) is 16.9 Å². The zero-order valence-corrected chi connectivity index (χ0v) is 18.9. The smallest absolute Gasteiger partial charge is 0.303 e. The lowest BCUT2D eigenvalue weighted by atomic mass is 10.1. The van der Waals surface area contributed by atoms with Crippen LogP contribution in [0.5, 0.6) is 0 Å². The van der Waals surface area contributed by atoms with Crippen molar-refractivity contribution in [3.63, 3.8) is 0 Å². The highest BCUT2D eigenvalue weighted by Gasteiger charge is 2.39. The molecule has 1 unspecified atom stereocenters. The minimum atomic E-state index is -4.67. The van der Waals surface area contributed by atoms with E-state index in [0.717, 1.165) is 17.8 Å². The number of halogens is 5. The molecule has 0 N–H and O–H groups in total. The molecular weight excluding hydrogens is 483 g/mol. The average molecular weight is 502 g/mol. The monoisotopic (exact) mass is 502 g/mol. The van der Waals surface area contributed by atoms with E-state index in [1.54, 1.807) is 19.2 Å². The van der Waals surface area contributed by atoms with E-state index in [9.17, 15) is 26.7 Å². The van der Waals surface area contributed by atoms with Crippen molar-refractivity contribution in [2.75, 3.05) is 11.4 Å². The van der Waals surface area contributed by atoms with Crippen LogP contribution in [0.1, 0.15) is 23.7 Å². The molecule has 0 fully saturated rings. The van der Waals surface area contributed by atoms with Gasteiger partial charge in [-0.15, -0.1) is 5.10 Å². The third-order valence-electron chi connectivity index (χ3n) is 5.97. The standard InChI is InChI=1S/C24H19F5N6O/c1-14-10-33(13-30-14)21-5-2-15(9-18(21)26)19-11-35(32-31-19)22-6-3-16-8-17(25)4-7-20(16)34(23(22)36)12-24(27,28)29/h2,4-5,7-11,13,22H,3,6,12H2,1H3. The minimum absolute atomic E-state index is 0.00830. The van der Waals surface area contributed by atoms with Gasteiger partial charge < -0.3 is 9.47 Å². The predicted molar refractivity (Wildman–Crippen MR) is 119 cm³/mol. The fourth-order valence-corrected chi connectivity index (χ4v) is 4.31. The number of rotatable bonds is 4. The molecule has 1 aliphatic heterocycles. The number of imidazole rings is 1. The maximum Gasteiger partial charge on any atom is 0.406 e. The molecule has 0 saturated heterocycles. The van der Waals surface area contributed by atoms with E-state index in [1.807, 2.05) is 0 Å². The predicted octanol–water partition coefficient (Wildman–Crippen LogP) is 4.80. The number of aryl methyl sites for hydroxylation is 2. The largest absolute Gasteiger partial charge is 0.406 e. The van der Waals surface area contributed by atoms with Gasteiger partial charge in [-0.3, -0.25) is 4.79 Å². The summed E-state index contributed by atoms with van der Waals surface area (Å²) < 4.78 is 71.3. The summed E-state index contributed by atoms with van der Waals surface area (Å²) in [6.07, 6.45) is 0.110. The number of benzene rings is 2. The molecule has 12 heteroatoms. The second kappa shape index (κ2) is 8.85. The van der Waals surface area contributed by atoms with Gasteiger partial charge in [-0.25, -0.2) is 18.4 Å². The number of amides is 1. The Morgan fingerprint density at radius 3 is 2.53 bits per heavy atom. The molecule has 1 atom stereocenters. The van der Waals surface area contributed by atoms with E-state index in [1.165, 1.54) is 40.0 Å². The quantitative estimate of drug-likeness (QED) is 0.376. The van der Waals surface area contributed by atoms with Crippen LogP contribution >= 0.6 is 0 Å².